The molecule has 0 aliphatic rings. The lowest BCUT2D eigenvalue weighted by molar-refractivity contribution is 0.0684. The van der Waals surface area contributed by atoms with Gasteiger partial charge < -0.3 is 10.5 Å². The molecule has 0 aliphatic carbocycles. The van der Waals surface area contributed by atoms with E-state index in [1.165, 1.54) is 0 Å². The van der Waals surface area contributed by atoms with Gasteiger partial charge in [0.15, 0.2) is 5.82 Å². The minimum Gasteiger partial charge on any atom is -0.475 e. The Morgan fingerprint density at radius 3 is 2.73 bits per heavy atom. The summed E-state index contributed by atoms with van der Waals surface area (Å²) in [6, 6.07) is 7.02. The topological polar surface area (TPSA) is 101 Å². The summed E-state index contributed by atoms with van der Waals surface area (Å²) in [7, 11) is 0. The fourth-order valence-electron chi connectivity index (χ4n) is 1.28. The highest BCUT2D eigenvalue weighted by molar-refractivity contribution is 5.93. The van der Waals surface area contributed by atoms with Crippen molar-refractivity contribution in [3.63, 3.8) is 0 Å². The number of rotatable bonds is 2. The van der Waals surface area contributed by atoms with Crippen molar-refractivity contribution in [3.8, 4) is 0 Å². The lowest BCUT2D eigenvalue weighted by Gasteiger charge is -2.04. The molecule has 6 heteroatoms. The molecule has 0 unspecified atom stereocenters. The molecular weight excluding hydrogens is 196 g/mol. The Morgan fingerprint density at radius 2 is 2.07 bits per heavy atom. The third-order valence-electron chi connectivity index (χ3n) is 1.93. The number of fused-ring (bicyclic) bond motifs is 1. The molecule has 0 saturated heterocycles. The van der Waals surface area contributed by atoms with Crippen LogP contribution >= 0.6 is 0 Å². The van der Waals surface area contributed by atoms with Gasteiger partial charge in [-0.3, -0.25) is 0 Å². The zero-order valence-electron chi connectivity index (χ0n) is 7.64. The summed E-state index contributed by atoms with van der Waals surface area (Å²) in [5, 5.41) is 9.46. The van der Waals surface area contributed by atoms with E-state index >= 15 is 0 Å². The van der Waals surface area contributed by atoms with Crippen LogP contribution in [0.2, 0.25) is 0 Å². The number of hydrogen-bond acceptors (Lipinski definition) is 5. The van der Waals surface area contributed by atoms with Gasteiger partial charge in [-0.25, -0.2) is 20.6 Å². The smallest absolute Gasteiger partial charge is 0.374 e. The maximum absolute atomic E-state index is 10.7. The molecule has 1 heterocycles. The highest BCUT2D eigenvalue weighted by Crippen LogP contribution is 2.18. The number of hydrazine groups is 1. The number of carboxylic acid groups (broad SMARTS) is 1. The van der Waals surface area contributed by atoms with Crippen molar-refractivity contribution in [2.75, 3.05) is 5.43 Å². The molecule has 0 radical (unpaired) electrons. The van der Waals surface area contributed by atoms with Crippen LogP contribution in [-0.4, -0.2) is 21.0 Å². The Morgan fingerprint density at radius 1 is 1.33 bits per heavy atom. The van der Waals surface area contributed by atoms with Gasteiger partial charge in [-0.2, -0.15) is 0 Å². The zero-order chi connectivity index (χ0) is 10.8. The molecule has 0 saturated carbocycles. The molecule has 0 spiro atoms. The molecule has 0 atom stereocenters. The Kier molecular flexibility index (Phi) is 2.18. The van der Waals surface area contributed by atoms with Crippen molar-refractivity contribution in [3.05, 3.63) is 30.1 Å². The number of nitrogens with one attached hydrogen (secondary N) is 1. The standard InChI is InChI=1S/C9H8N4O2/c10-13-7-5-3-1-2-4-6(5)11-8(12-7)9(14)15/h1-4H,10H2,(H,14,15)(H,11,12,13). The van der Waals surface area contributed by atoms with Gasteiger partial charge in [0.05, 0.1) is 5.52 Å². The average Bonchev–Trinajstić information content (AvgIpc) is 2.27. The van der Waals surface area contributed by atoms with E-state index in [1.807, 2.05) is 0 Å². The van der Waals surface area contributed by atoms with Crippen molar-refractivity contribution in [1.29, 1.82) is 0 Å². The van der Waals surface area contributed by atoms with E-state index < -0.39 is 5.97 Å². The Bertz CT molecular complexity index is 527. The third kappa shape index (κ3) is 1.57. The fraction of sp³-hybridized carbons (Fsp3) is 0. The van der Waals surface area contributed by atoms with Gasteiger partial charge in [-0.15, -0.1) is 0 Å². The second-order valence-corrected chi connectivity index (χ2v) is 2.86. The summed E-state index contributed by atoms with van der Waals surface area (Å²) >= 11 is 0. The van der Waals surface area contributed by atoms with Crippen molar-refractivity contribution in [2.45, 2.75) is 0 Å². The molecule has 2 rings (SSSR count). The normalized spacial score (nSPS) is 10.2. The molecule has 4 N–H and O–H groups in total. The van der Waals surface area contributed by atoms with Crippen molar-refractivity contribution in [2.24, 2.45) is 5.84 Å². The van der Waals surface area contributed by atoms with Crippen LogP contribution in [-0.2, 0) is 0 Å². The van der Waals surface area contributed by atoms with Crippen molar-refractivity contribution < 1.29 is 9.90 Å². The first-order valence-corrected chi connectivity index (χ1v) is 4.19. The molecule has 15 heavy (non-hydrogen) atoms. The minimum atomic E-state index is -1.18. The fourth-order valence-corrected chi connectivity index (χ4v) is 1.28. The van der Waals surface area contributed by atoms with Crippen LogP contribution in [0, 0.1) is 0 Å². The van der Waals surface area contributed by atoms with Gasteiger partial charge in [-0.1, -0.05) is 12.1 Å². The van der Waals surface area contributed by atoms with Gasteiger partial charge in [0, 0.05) is 5.39 Å². The Labute approximate surface area is 84.7 Å². The number of benzene rings is 1. The maximum atomic E-state index is 10.7. The quantitative estimate of drug-likeness (QED) is 0.489. The van der Waals surface area contributed by atoms with Gasteiger partial charge in [-0.05, 0) is 12.1 Å². The lowest BCUT2D eigenvalue weighted by atomic mass is 10.2. The van der Waals surface area contributed by atoms with Crippen LogP contribution in [0.25, 0.3) is 10.9 Å². The van der Waals surface area contributed by atoms with Crippen LogP contribution < -0.4 is 11.3 Å². The highest BCUT2D eigenvalue weighted by atomic mass is 16.4. The first kappa shape index (κ1) is 9.35. The molecule has 0 fully saturated rings. The summed E-state index contributed by atoms with van der Waals surface area (Å²) in [6.07, 6.45) is 0. The van der Waals surface area contributed by atoms with E-state index in [9.17, 15) is 4.79 Å². The summed E-state index contributed by atoms with van der Waals surface area (Å²) in [5.41, 5.74) is 2.89. The molecule has 1 aromatic carbocycles. The van der Waals surface area contributed by atoms with Crippen LogP contribution in [0.15, 0.2) is 24.3 Å². The van der Waals surface area contributed by atoms with E-state index in [2.05, 4.69) is 15.4 Å². The molecule has 76 valence electrons. The third-order valence-corrected chi connectivity index (χ3v) is 1.93. The molecular formula is C9H8N4O2. The Balaban J connectivity index is 2.77. The minimum absolute atomic E-state index is 0.276. The molecule has 2 aromatic rings. The van der Waals surface area contributed by atoms with Gasteiger partial charge in [0.25, 0.3) is 0 Å². The number of nitrogens with zero attached hydrogens (tertiary/aromatic N) is 2. The van der Waals surface area contributed by atoms with Crippen molar-refractivity contribution >= 4 is 22.7 Å². The maximum Gasteiger partial charge on any atom is 0.374 e. The number of carboxylic acids is 1. The van der Waals surface area contributed by atoms with Gasteiger partial charge in [0.1, 0.15) is 0 Å². The molecule has 0 amide bonds. The second kappa shape index (κ2) is 3.50. The molecule has 0 aliphatic heterocycles. The average molecular weight is 204 g/mol. The Hall–Kier alpha value is -2.21. The van der Waals surface area contributed by atoms with Crippen LogP contribution in [0.3, 0.4) is 0 Å². The van der Waals surface area contributed by atoms with Crippen LogP contribution in [0.5, 0.6) is 0 Å². The number of aromatic carboxylic acids is 1. The van der Waals surface area contributed by atoms with E-state index in [1.54, 1.807) is 24.3 Å². The van der Waals surface area contributed by atoms with E-state index in [-0.39, 0.29) is 5.82 Å². The van der Waals surface area contributed by atoms with Gasteiger partial charge in [0.2, 0.25) is 5.82 Å². The first-order valence-electron chi connectivity index (χ1n) is 4.19. The number of carbonyl (C=O) groups is 1. The molecule has 0 bridgehead atoms. The van der Waals surface area contributed by atoms with Gasteiger partial charge >= 0.3 is 5.97 Å². The van der Waals surface area contributed by atoms with E-state index in [0.29, 0.717) is 16.7 Å². The van der Waals surface area contributed by atoms with Crippen molar-refractivity contribution in [1.82, 2.24) is 9.97 Å². The first-order chi connectivity index (χ1) is 7.22. The predicted molar refractivity (Wildman–Crippen MR) is 54.3 cm³/mol. The van der Waals surface area contributed by atoms with Crippen LogP contribution in [0.1, 0.15) is 10.6 Å². The number of nitrogen functional groups attached to an aromatic ring is 1. The highest BCUT2D eigenvalue weighted by Gasteiger charge is 2.11. The SMILES string of the molecule is NNc1nc(C(=O)O)nc2ccccc12. The largest absolute Gasteiger partial charge is 0.475 e. The summed E-state index contributed by atoms with van der Waals surface area (Å²) < 4.78 is 0. The summed E-state index contributed by atoms with van der Waals surface area (Å²) in [5.74, 6) is 4.10. The molecule has 1 aromatic heterocycles. The summed E-state index contributed by atoms with van der Waals surface area (Å²) in [4.78, 5) is 18.4. The number of anilines is 1. The van der Waals surface area contributed by atoms with E-state index in [0.717, 1.165) is 0 Å². The van der Waals surface area contributed by atoms with E-state index in [4.69, 9.17) is 10.9 Å². The predicted octanol–water partition coefficient (Wildman–Crippen LogP) is 0.614. The summed E-state index contributed by atoms with van der Waals surface area (Å²) in [6.45, 7) is 0. The van der Waals surface area contributed by atoms with Crippen LogP contribution in [0.4, 0.5) is 5.82 Å². The molecule has 6 nitrogen and oxygen atoms in total. The lowest BCUT2D eigenvalue weighted by Crippen LogP contribution is -2.13. The second-order valence-electron chi connectivity index (χ2n) is 2.86. The number of aromatic nitrogens is 2. The number of hydrogen-bond donors (Lipinski definition) is 3. The number of para-hydroxylation sites is 1. The number of nitrogens with two attached hydrogens (primary N) is 1. The monoisotopic (exact) mass is 204 g/mol. The zero-order valence-corrected chi connectivity index (χ0v) is 7.64.